The van der Waals surface area contributed by atoms with Crippen LogP contribution in [0.25, 0.3) is 17.1 Å². The summed E-state index contributed by atoms with van der Waals surface area (Å²) in [6, 6.07) is 17.6. The van der Waals surface area contributed by atoms with Gasteiger partial charge in [-0.2, -0.15) is 5.10 Å². The molecular weight excluding hydrogens is 288 g/mol. The summed E-state index contributed by atoms with van der Waals surface area (Å²) in [5, 5.41) is 3.90. The van der Waals surface area contributed by atoms with E-state index in [4.69, 9.17) is 0 Å². The minimum Gasteiger partial charge on any atom is -0.321 e. The van der Waals surface area contributed by atoms with E-state index in [1.165, 1.54) is 0 Å². The number of hydrogen-bond acceptors (Lipinski definition) is 3. The van der Waals surface area contributed by atoms with E-state index in [9.17, 15) is 4.79 Å². The molecule has 0 unspecified atom stereocenters. The molecule has 0 spiro atoms. The van der Waals surface area contributed by atoms with Gasteiger partial charge >= 0.3 is 0 Å². The number of carbonyl (C=O) groups is 1. The van der Waals surface area contributed by atoms with Crippen molar-refractivity contribution >= 4 is 29.2 Å². The lowest BCUT2D eigenvalue weighted by atomic mass is 10.2. The average molecular weight is 304 g/mol. The molecule has 1 aromatic heterocycles. The molecule has 3 rings (SSSR count). The zero-order valence-corrected chi connectivity index (χ0v) is 12.5. The van der Waals surface area contributed by atoms with Crippen LogP contribution in [0.2, 0.25) is 0 Å². The molecule has 3 aromatic rings. The summed E-state index contributed by atoms with van der Waals surface area (Å²) in [6.45, 7) is 0.181. The second-order valence-corrected chi connectivity index (χ2v) is 4.94. The Kier molecular flexibility index (Phi) is 4.59. The van der Waals surface area contributed by atoms with Gasteiger partial charge in [-0.3, -0.25) is 4.79 Å². The van der Waals surface area contributed by atoms with Crippen molar-refractivity contribution in [2.75, 3.05) is 0 Å². The van der Waals surface area contributed by atoms with Crippen LogP contribution >= 0.6 is 0 Å². The van der Waals surface area contributed by atoms with Crippen molar-refractivity contribution < 1.29 is 4.79 Å². The van der Waals surface area contributed by atoms with E-state index in [0.717, 1.165) is 16.6 Å². The predicted molar refractivity (Wildman–Crippen MR) is 91.8 cm³/mol. The third-order valence-electron chi connectivity index (χ3n) is 3.28. The number of para-hydroxylation sites is 2. The minimum absolute atomic E-state index is 0.181. The Morgan fingerprint density at radius 1 is 1.13 bits per heavy atom. The number of hydrogen-bond donors (Lipinski definition) is 1. The van der Waals surface area contributed by atoms with Crippen LogP contribution in [-0.4, -0.2) is 21.7 Å². The van der Waals surface area contributed by atoms with E-state index in [1.807, 2.05) is 60.7 Å². The molecular formula is C18H16N4O. The van der Waals surface area contributed by atoms with E-state index < -0.39 is 0 Å². The molecule has 2 aromatic carbocycles. The lowest BCUT2D eigenvalue weighted by Crippen LogP contribution is -2.22. The Bertz CT molecular complexity index is 850. The molecule has 0 bridgehead atoms. The summed E-state index contributed by atoms with van der Waals surface area (Å²) >= 11 is 0. The number of nitrogens with zero attached hydrogens (tertiary/aromatic N) is 3. The highest BCUT2D eigenvalue weighted by molar-refractivity contribution is 5.82. The third-order valence-corrected chi connectivity index (χ3v) is 3.28. The fraction of sp³-hybridized carbons (Fsp3) is 0.0556. The normalized spacial score (nSPS) is 11.5. The molecule has 0 saturated heterocycles. The van der Waals surface area contributed by atoms with E-state index in [2.05, 4.69) is 15.5 Å². The van der Waals surface area contributed by atoms with Crippen molar-refractivity contribution in [2.45, 2.75) is 6.54 Å². The Morgan fingerprint density at radius 3 is 2.78 bits per heavy atom. The number of imidazole rings is 1. The molecule has 0 aliphatic rings. The van der Waals surface area contributed by atoms with E-state index >= 15 is 0 Å². The summed E-state index contributed by atoms with van der Waals surface area (Å²) in [4.78, 5) is 16.1. The zero-order chi connectivity index (χ0) is 15.9. The zero-order valence-electron chi connectivity index (χ0n) is 12.5. The second-order valence-electron chi connectivity index (χ2n) is 4.94. The Morgan fingerprint density at radius 2 is 1.91 bits per heavy atom. The lowest BCUT2D eigenvalue weighted by Gasteiger charge is -2.02. The van der Waals surface area contributed by atoms with Gasteiger partial charge < -0.3 is 4.57 Å². The fourth-order valence-electron chi connectivity index (χ4n) is 2.20. The molecule has 5 heteroatoms. The Balaban J connectivity index is 1.53. The lowest BCUT2D eigenvalue weighted by molar-refractivity contribution is -0.121. The van der Waals surface area contributed by atoms with Gasteiger partial charge in [0, 0.05) is 6.21 Å². The highest BCUT2D eigenvalue weighted by atomic mass is 16.2. The number of benzene rings is 2. The topological polar surface area (TPSA) is 59.3 Å². The number of nitrogens with one attached hydrogen (secondary N) is 1. The van der Waals surface area contributed by atoms with Crippen LogP contribution < -0.4 is 5.43 Å². The Hall–Kier alpha value is -3.21. The SMILES string of the molecule is O=C(Cn1cnc2ccccc21)N/N=C/C=C/c1ccccc1. The van der Waals surface area contributed by atoms with Crippen LogP contribution in [0, 0.1) is 0 Å². The molecule has 23 heavy (non-hydrogen) atoms. The molecule has 114 valence electrons. The minimum atomic E-state index is -0.197. The van der Waals surface area contributed by atoms with Gasteiger partial charge in [-0.05, 0) is 23.8 Å². The van der Waals surface area contributed by atoms with Crippen LogP contribution in [-0.2, 0) is 11.3 Å². The van der Waals surface area contributed by atoms with Crippen LogP contribution in [0.3, 0.4) is 0 Å². The summed E-state index contributed by atoms with van der Waals surface area (Å²) < 4.78 is 1.79. The molecule has 0 saturated carbocycles. The average Bonchev–Trinajstić information content (AvgIpc) is 2.99. The molecule has 1 amide bonds. The van der Waals surface area contributed by atoms with Crippen molar-refractivity contribution in [3.8, 4) is 0 Å². The number of carbonyl (C=O) groups excluding carboxylic acids is 1. The van der Waals surface area contributed by atoms with Crippen molar-refractivity contribution in [2.24, 2.45) is 5.10 Å². The van der Waals surface area contributed by atoms with Crippen molar-refractivity contribution in [1.82, 2.24) is 15.0 Å². The number of amides is 1. The molecule has 0 aliphatic carbocycles. The number of aromatic nitrogens is 2. The van der Waals surface area contributed by atoms with Gasteiger partial charge in [-0.15, -0.1) is 0 Å². The molecule has 5 nitrogen and oxygen atoms in total. The second kappa shape index (κ2) is 7.17. The van der Waals surface area contributed by atoms with Crippen molar-refractivity contribution in [3.05, 3.63) is 72.6 Å². The summed E-state index contributed by atoms with van der Waals surface area (Å²) in [5.74, 6) is -0.197. The first kappa shape index (κ1) is 14.7. The van der Waals surface area contributed by atoms with Crippen LogP contribution in [0.15, 0.2) is 72.1 Å². The smallest absolute Gasteiger partial charge is 0.260 e. The van der Waals surface area contributed by atoms with Crippen LogP contribution in [0.5, 0.6) is 0 Å². The predicted octanol–water partition coefficient (Wildman–Crippen LogP) is 2.85. The van der Waals surface area contributed by atoms with Crippen molar-refractivity contribution in [3.63, 3.8) is 0 Å². The first-order valence-electron chi connectivity index (χ1n) is 7.26. The summed E-state index contributed by atoms with van der Waals surface area (Å²) in [6.07, 6.45) is 6.90. The number of fused-ring (bicyclic) bond motifs is 1. The molecule has 0 atom stereocenters. The quantitative estimate of drug-likeness (QED) is 0.582. The molecule has 1 heterocycles. The van der Waals surface area contributed by atoms with Gasteiger partial charge in [0.25, 0.3) is 5.91 Å². The van der Waals surface area contributed by atoms with Gasteiger partial charge in [0.15, 0.2) is 0 Å². The largest absolute Gasteiger partial charge is 0.321 e. The Labute approximate surface area is 134 Å². The number of allylic oxidation sites excluding steroid dienone is 1. The van der Waals surface area contributed by atoms with E-state index in [1.54, 1.807) is 23.2 Å². The van der Waals surface area contributed by atoms with Gasteiger partial charge in [0.2, 0.25) is 0 Å². The molecule has 0 aliphatic heterocycles. The van der Waals surface area contributed by atoms with Gasteiger partial charge in [0.05, 0.1) is 17.4 Å². The molecule has 0 fully saturated rings. The van der Waals surface area contributed by atoms with Crippen LogP contribution in [0.1, 0.15) is 5.56 Å². The summed E-state index contributed by atoms with van der Waals surface area (Å²) in [7, 11) is 0. The number of hydrazone groups is 1. The highest BCUT2D eigenvalue weighted by Gasteiger charge is 2.05. The summed E-state index contributed by atoms with van der Waals surface area (Å²) in [5.41, 5.74) is 5.38. The maximum atomic E-state index is 11.9. The fourth-order valence-corrected chi connectivity index (χ4v) is 2.20. The maximum Gasteiger partial charge on any atom is 0.260 e. The van der Waals surface area contributed by atoms with Gasteiger partial charge in [-0.25, -0.2) is 10.4 Å². The highest BCUT2D eigenvalue weighted by Crippen LogP contribution is 2.11. The first-order valence-corrected chi connectivity index (χ1v) is 7.26. The first-order chi connectivity index (χ1) is 11.3. The molecule has 1 N–H and O–H groups in total. The van der Waals surface area contributed by atoms with E-state index in [0.29, 0.717) is 0 Å². The monoisotopic (exact) mass is 304 g/mol. The number of rotatable bonds is 5. The molecule has 0 radical (unpaired) electrons. The van der Waals surface area contributed by atoms with Crippen molar-refractivity contribution in [1.29, 1.82) is 0 Å². The van der Waals surface area contributed by atoms with E-state index in [-0.39, 0.29) is 12.5 Å². The van der Waals surface area contributed by atoms with Crippen LogP contribution in [0.4, 0.5) is 0 Å². The standard InChI is InChI=1S/C18H16N4O/c23-18(13-22-14-19-16-10-4-5-11-17(16)22)21-20-12-6-9-15-7-2-1-3-8-15/h1-12,14H,13H2,(H,21,23)/b9-6+,20-12+. The van der Waals surface area contributed by atoms with Gasteiger partial charge in [0.1, 0.15) is 6.54 Å². The maximum absolute atomic E-state index is 11.9. The third kappa shape index (κ3) is 3.91. The van der Waals surface area contributed by atoms with Gasteiger partial charge in [-0.1, -0.05) is 48.5 Å².